The summed E-state index contributed by atoms with van der Waals surface area (Å²) in [5.41, 5.74) is -0.0681. The van der Waals surface area contributed by atoms with E-state index in [0.29, 0.717) is 26.1 Å². The minimum Gasteiger partial charge on any atom is -0.444 e. The topological polar surface area (TPSA) is 64.6 Å². The second-order valence-electron chi connectivity index (χ2n) is 7.87. The Bertz CT molecular complexity index is 547. The van der Waals surface area contributed by atoms with Crippen LogP contribution in [0.3, 0.4) is 0 Å². The van der Waals surface area contributed by atoms with Gasteiger partial charge in [0.25, 0.3) is 0 Å². The quantitative estimate of drug-likeness (QED) is 0.677. The van der Waals surface area contributed by atoms with Gasteiger partial charge in [0.2, 0.25) is 0 Å². The van der Waals surface area contributed by atoms with Crippen molar-refractivity contribution in [1.29, 1.82) is 0 Å². The Labute approximate surface area is 151 Å². The number of ketones is 1. The summed E-state index contributed by atoms with van der Waals surface area (Å²) in [6, 6.07) is 9.94. The fourth-order valence-corrected chi connectivity index (χ4v) is 2.34. The summed E-state index contributed by atoms with van der Waals surface area (Å²) >= 11 is 0. The van der Waals surface area contributed by atoms with Crippen molar-refractivity contribution >= 4 is 11.9 Å². The number of amides is 1. The molecule has 1 N–H and O–H groups in total. The molecule has 0 aliphatic heterocycles. The van der Waals surface area contributed by atoms with Crippen LogP contribution in [0.4, 0.5) is 4.79 Å². The molecule has 0 fully saturated rings. The monoisotopic (exact) mass is 349 g/mol. The van der Waals surface area contributed by atoms with Crippen molar-refractivity contribution in [3.05, 3.63) is 35.9 Å². The highest BCUT2D eigenvalue weighted by atomic mass is 16.6. The molecule has 0 spiro atoms. The zero-order valence-electron chi connectivity index (χ0n) is 16.1. The van der Waals surface area contributed by atoms with Crippen LogP contribution in [0, 0.1) is 0 Å². The molecule has 0 heterocycles. The van der Waals surface area contributed by atoms with E-state index in [1.165, 1.54) is 0 Å². The number of carbonyl (C=O) groups is 2. The van der Waals surface area contributed by atoms with Gasteiger partial charge in [-0.05, 0) is 46.6 Å². The van der Waals surface area contributed by atoms with Crippen molar-refractivity contribution in [2.45, 2.75) is 71.6 Å². The summed E-state index contributed by atoms with van der Waals surface area (Å²) in [6.45, 7) is 10.2. The van der Waals surface area contributed by atoms with Gasteiger partial charge in [0, 0.05) is 25.0 Å². The summed E-state index contributed by atoms with van der Waals surface area (Å²) in [7, 11) is 0. The average Bonchev–Trinajstić information content (AvgIpc) is 2.44. The summed E-state index contributed by atoms with van der Waals surface area (Å²) < 4.78 is 10.8. The first-order valence-corrected chi connectivity index (χ1v) is 8.72. The predicted molar refractivity (Wildman–Crippen MR) is 98.4 cm³/mol. The molecule has 0 bridgehead atoms. The van der Waals surface area contributed by atoms with Crippen LogP contribution in [0.1, 0.15) is 59.4 Å². The van der Waals surface area contributed by atoms with Gasteiger partial charge in [-0.25, -0.2) is 4.79 Å². The fourth-order valence-electron chi connectivity index (χ4n) is 2.34. The summed E-state index contributed by atoms with van der Waals surface area (Å²) in [5.74, 6) is 0.101. The van der Waals surface area contributed by atoms with Gasteiger partial charge in [-0.1, -0.05) is 30.3 Å². The second-order valence-corrected chi connectivity index (χ2v) is 7.87. The highest BCUT2D eigenvalue weighted by molar-refractivity contribution is 5.80. The molecule has 0 aliphatic rings. The van der Waals surface area contributed by atoms with Gasteiger partial charge in [-0.3, -0.25) is 4.79 Å². The maximum absolute atomic E-state index is 12.1. The van der Waals surface area contributed by atoms with E-state index in [4.69, 9.17) is 9.47 Å². The number of carbonyl (C=O) groups excluding carboxylic acids is 2. The number of nitrogens with one attached hydrogen (secondary N) is 1. The largest absolute Gasteiger partial charge is 0.444 e. The lowest BCUT2D eigenvalue weighted by molar-refractivity contribution is -0.120. The molecule has 1 aromatic rings. The van der Waals surface area contributed by atoms with Crippen LogP contribution < -0.4 is 5.32 Å². The van der Waals surface area contributed by atoms with Crippen molar-refractivity contribution in [2.24, 2.45) is 0 Å². The van der Waals surface area contributed by atoms with E-state index in [2.05, 4.69) is 5.32 Å². The van der Waals surface area contributed by atoms with E-state index < -0.39 is 17.2 Å². The van der Waals surface area contributed by atoms with Gasteiger partial charge >= 0.3 is 6.09 Å². The Kier molecular flexibility index (Phi) is 8.10. The minimum absolute atomic E-state index is 0.101. The van der Waals surface area contributed by atoms with Crippen LogP contribution in [0.15, 0.2) is 30.3 Å². The van der Waals surface area contributed by atoms with Crippen LogP contribution in [0.2, 0.25) is 0 Å². The zero-order chi connectivity index (χ0) is 18.9. The number of Topliss-reactive ketones (excluding diaryl/α,β-unsaturated/α-hetero) is 1. The lowest BCUT2D eigenvalue weighted by Crippen LogP contribution is -2.47. The predicted octanol–water partition coefficient (Wildman–Crippen LogP) is 4.25. The van der Waals surface area contributed by atoms with E-state index in [1.54, 1.807) is 20.8 Å². The summed E-state index contributed by atoms with van der Waals surface area (Å²) in [5, 5.41) is 2.75. The highest BCUT2D eigenvalue weighted by Crippen LogP contribution is 2.14. The normalized spacial score (nSPS) is 11.9. The standard InChI is InChI=1S/C20H31NO4/c1-19(2,3)25-18(23)21-20(4,5)14-17(22)12-9-13-24-15-16-10-7-6-8-11-16/h6-8,10-11H,9,12-15H2,1-5H3,(H,21,23). The maximum atomic E-state index is 12.1. The molecule has 0 radical (unpaired) electrons. The zero-order valence-corrected chi connectivity index (χ0v) is 16.1. The van der Waals surface area contributed by atoms with E-state index in [0.717, 1.165) is 5.56 Å². The summed E-state index contributed by atoms with van der Waals surface area (Å²) in [6.07, 6.45) is 0.879. The third-order valence-electron chi connectivity index (χ3n) is 3.33. The van der Waals surface area contributed by atoms with E-state index in [-0.39, 0.29) is 12.2 Å². The number of hydrogen-bond acceptors (Lipinski definition) is 4. The second kappa shape index (κ2) is 9.56. The molecule has 0 aromatic heterocycles. The third-order valence-corrected chi connectivity index (χ3v) is 3.33. The van der Waals surface area contributed by atoms with Crippen LogP contribution in [-0.4, -0.2) is 29.6 Å². The van der Waals surface area contributed by atoms with Gasteiger partial charge in [0.05, 0.1) is 6.61 Å². The lowest BCUT2D eigenvalue weighted by Gasteiger charge is -2.28. The van der Waals surface area contributed by atoms with Gasteiger partial charge in [0.15, 0.2) is 0 Å². The molecule has 1 rings (SSSR count). The number of alkyl carbamates (subject to hydrolysis) is 1. The molecule has 25 heavy (non-hydrogen) atoms. The first-order chi connectivity index (χ1) is 11.6. The smallest absolute Gasteiger partial charge is 0.408 e. The molecule has 1 aromatic carbocycles. The molecule has 0 saturated heterocycles. The first kappa shape index (κ1) is 21.2. The van der Waals surface area contributed by atoms with E-state index >= 15 is 0 Å². The summed E-state index contributed by atoms with van der Waals surface area (Å²) in [4.78, 5) is 23.9. The SMILES string of the molecule is CC(C)(CC(=O)CCCOCc1ccccc1)NC(=O)OC(C)(C)C. The van der Waals surface area contributed by atoms with Crippen LogP contribution >= 0.6 is 0 Å². The van der Waals surface area contributed by atoms with Crippen molar-refractivity contribution in [3.63, 3.8) is 0 Å². The molecule has 5 heteroatoms. The molecule has 1 amide bonds. The van der Waals surface area contributed by atoms with Crippen molar-refractivity contribution in [2.75, 3.05) is 6.61 Å². The molecule has 0 aliphatic carbocycles. The minimum atomic E-state index is -0.635. The number of rotatable bonds is 9. The number of hydrogen-bond donors (Lipinski definition) is 1. The average molecular weight is 349 g/mol. The van der Waals surface area contributed by atoms with Crippen LogP contribution in [-0.2, 0) is 20.9 Å². The molecular weight excluding hydrogens is 318 g/mol. The van der Waals surface area contributed by atoms with E-state index in [9.17, 15) is 9.59 Å². The Morgan fingerprint density at radius 2 is 1.68 bits per heavy atom. The molecule has 0 saturated carbocycles. The Morgan fingerprint density at radius 1 is 1.04 bits per heavy atom. The maximum Gasteiger partial charge on any atom is 0.408 e. The lowest BCUT2D eigenvalue weighted by atomic mass is 9.96. The molecule has 0 atom stereocenters. The Balaban J connectivity index is 2.22. The molecule has 5 nitrogen and oxygen atoms in total. The fraction of sp³-hybridized carbons (Fsp3) is 0.600. The van der Waals surface area contributed by atoms with Crippen molar-refractivity contribution in [1.82, 2.24) is 5.32 Å². The van der Waals surface area contributed by atoms with Gasteiger partial charge in [-0.15, -0.1) is 0 Å². The van der Waals surface area contributed by atoms with Gasteiger partial charge < -0.3 is 14.8 Å². The Morgan fingerprint density at radius 3 is 2.28 bits per heavy atom. The number of ether oxygens (including phenoxy) is 2. The van der Waals surface area contributed by atoms with E-state index in [1.807, 2.05) is 44.2 Å². The molecule has 140 valence electrons. The van der Waals surface area contributed by atoms with Crippen LogP contribution in [0.25, 0.3) is 0 Å². The van der Waals surface area contributed by atoms with Crippen LogP contribution in [0.5, 0.6) is 0 Å². The molecule has 0 unspecified atom stereocenters. The number of benzene rings is 1. The third kappa shape index (κ3) is 10.6. The highest BCUT2D eigenvalue weighted by Gasteiger charge is 2.26. The van der Waals surface area contributed by atoms with Gasteiger partial charge in [0.1, 0.15) is 11.4 Å². The van der Waals surface area contributed by atoms with Crippen molar-refractivity contribution < 1.29 is 19.1 Å². The van der Waals surface area contributed by atoms with Crippen molar-refractivity contribution in [3.8, 4) is 0 Å². The van der Waals surface area contributed by atoms with Gasteiger partial charge in [-0.2, -0.15) is 0 Å². The Hall–Kier alpha value is -1.88. The first-order valence-electron chi connectivity index (χ1n) is 8.72. The molecular formula is C20H31NO4.